The highest BCUT2D eigenvalue weighted by Gasteiger charge is 2.13. The predicted molar refractivity (Wildman–Crippen MR) is 73.0 cm³/mol. The molecule has 1 aliphatic carbocycles. The van der Waals surface area contributed by atoms with Crippen molar-refractivity contribution < 1.29 is 4.74 Å². The Hall–Kier alpha value is -2.62. The summed E-state index contributed by atoms with van der Waals surface area (Å²) in [5, 5.41) is 0. The molecule has 0 radical (unpaired) electrons. The van der Waals surface area contributed by atoms with Crippen molar-refractivity contribution in [3.05, 3.63) is 65.1 Å². The van der Waals surface area contributed by atoms with E-state index in [4.69, 9.17) is 4.74 Å². The fourth-order valence-corrected chi connectivity index (χ4v) is 2.05. The van der Waals surface area contributed by atoms with E-state index in [1.54, 1.807) is 11.7 Å². The van der Waals surface area contributed by atoms with Gasteiger partial charge >= 0.3 is 5.69 Å². The molecule has 0 atom stereocenters. The zero-order chi connectivity index (χ0) is 13.2. The van der Waals surface area contributed by atoms with Gasteiger partial charge in [0.25, 0.3) is 0 Å². The number of fused-ring (bicyclic) bond motifs is 1. The summed E-state index contributed by atoms with van der Waals surface area (Å²) in [5.41, 5.74) is 1.98. The Morgan fingerprint density at radius 2 is 1.74 bits per heavy atom. The summed E-state index contributed by atoms with van der Waals surface area (Å²) in [7, 11) is 1.61. The molecule has 0 saturated heterocycles. The van der Waals surface area contributed by atoms with Crippen molar-refractivity contribution in [1.29, 1.82) is 0 Å². The van der Waals surface area contributed by atoms with Crippen molar-refractivity contribution in [2.75, 3.05) is 7.11 Å². The fraction of sp³-hybridized carbons (Fsp3) is 0.0667. The summed E-state index contributed by atoms with van der Waals surface area (Å²) in [5.74, 6) is 0.756. The van der Waals surface area contributed by atoms with E-state index in [1.165, 1.54) is 0 Å². The maximum atomic E-state index is 12.0. The van der Waals surface area contributed by atoms with Crippen LogP contribution in [0.5, 0.6) is 5.75 Å². The molecule has 2 aliphatic rings. The van der Waals surface area contributed by atoms with Crippen LogP contribution < -0.4 is 10.4 Å². The summed E-state index contributed by atoms with van der Waals surface area (Å²) in [4.78, 5) is 16.1. The molecule has 4 nitrogen and oxygen atoms in total. The lowest BCUT2D eigenvalue weighted by molar-refractivity contribution is 0.414. The second-order valence-corrected chi connectivity index (χ2v) is 4.11. The van der Waals surface area contributed by atoms with E-state index in [-0.39, 0.29) is 5.69 Å². The maximum absolute atomic E-state index is 12.0. The molecule has 0 N–H and O–H groups in total. The maximum Gasteiger partial charge on any atom is 0.353 e. The van der Waals surface area contributed by atoms with E-state index in [2.05, 4.69) is 4.98 Å². The number of hydrogen-bond acceptors (Lipinski definition) is 3. The van der Waals surface area contributed by atoms with Gasteiger partial charge in [-0.25, -0.2) is 4.79 Å². The minimum Gasteiger partial charge on any atom is -0.497 e. The predicted octanol–water partition coefficient (Wildman–Crippen LogP) is 2.35. The van der Waals surface area contributed by atoms with Crippen LogP contribution in [0.4, 0.5) is 0 Å². The van der Waals surface area contributed by atoms with E-state index in [0.717, 1.165) is 17.1 Å². The molecule has 0 saturated carbocycles. The second-order valence-electron chi connectivity index (χ2n) is 4.11. The van der Waals surface area contributed by atoms with Gasteiger partial charge in [-0.2, -0.15) is 4.98 Å². The highest BCUT2D eigenvalue weighted by Crippen LogP contribution is 2.21. The number of hydrogen-bond donors (Lipinski definition) is 0. The number of nitrogens with zero attached hydrogens (tertiary/aromatic N) is 2. The number of rotatable bonds is 2. The van der Waals surface area contributed by atoms with Crippen LogP contribution in [0, 0.1) is 0 Å². The molecule has 1 heterocycles. The van der Waals surface area contributed by atoms with Gasteiger partial charge in [0.2, 0.25) is 0 Å². The topological polar surface area (TPSA) is 44.1 Å². The van der Waals surface area contributed by atoms with Gasteiger partial charge in [-0.1, -0.05) is 18.2 Å². The van der Waals surface area contributed by atoms with Gasteiger partial charge in [0.15, 0.2) is 0 Å². The number of methoxy groups -OCH3 is 1. The quantitative estimate of drug-likeness (QED) is 0.703. The van der Waals surface area contributed by atoms with Crippen LogP contribution in [-0.2, 0) is 0 Å². The molecule has 0 fully saturated rings. The Kier molecular flexibility index (Phi) is 2.76. The smallest absolute Gasteiger partial charge is 0.353 e. The first-order valence-electron chi connectivity index (χ1n) is 5.92. The zero-order valence-electron chi connectivity index (χ0n) is 10.4. The van der Waals surface area contributed by atoms with Gasteiger partial charge in [0.1, 0.15) is 5.75 Å². The van der Waals surface area contributed by atoms with Crippen LogP contribution in [-0.4, -0.2) is 16.7 Å². The van der Waals surface area contributed by atoms with E-state index in [0.29, 0.717) is 5.69 Å². The molecule has 0 bridgehead atoms. The van der Waals surface area contributed by atoms with Crippen molar-refractivity contribution in [2.24, 2.45) is 0 Å². The van der Waals surface area contributed by atoms with Crippen LogP contribution in [0.25, 0.3) is 17.1 Å². The first-order valence-corrected chi connectivity index (χ1v) is 5.92. The van der Waals surface area contributed by atoms with E-state index in [1.807, 2.05) is 54.6 Å². The van der Waals surface area contributed by atoms with Gasteiger partial charge in [-0.3, -0.25) is 4.57 Å². The number of imidazole rings is 1. The Morgan fingerprint density at radius 1 is 1.00 bits per heavy atom. The molecule has 0 amide bonds. The SMILES string of the molecule is COc1ccc(-n2c3cccccc-3nc2=O)cc1. The third kappa shape index (κ3) is 1.97. The molecular weight excluding hydrogens is 240 g/mol. The van der Waals surface area contributed by atoms with Crippen molar-refractivity contribution in [3.8, 4) is 22.8 Å². The average Bonchev–Trinajstić information content (AvgIpc) is 2.61. The highest BCUT2D eigenvalue weighted by molar-refractivity contribution is 5.59. The Bertz CT molecular complexity index is 732. The van der Waals surface area contributed by atoms with Crippen LogP contribution in [0.3, 0.4) is 0 Å². The molecule has 94 valence electrons. The van der Waals surface area contributed by atoms with Gasteiger partial charge < -0.3 is 4.74 Å². The largest absolute Gasteiger partial charge is 0.497 e. The normalized spacial score (nSPS) is 10.6. The highest BCUT2D eigenvalue weighted by atomic mass is 16.5. The first kappa shape index (κ1) is 11.5. The second kappa shape index (κ2) is 4.57. The van der Waals surface area contributed by atoms with Crippen molar-refractivity contribution in [3.63, 3.8) is 0 Å². The molecule has 0 unspecified atom stereocenters. The molecule has 4 heteroatoms. The summed E-state index contributed by atoms with van der Waals surface area (Å²) in [6.07, 6.45) is 0. The Morgan fingerprint density at radius 3 is 2.47 bits per heavy atom. The molecule has 1 aromatic rings. The molecule has 0 aromatic heterocycles. The Balaban J connectivity index is 2.21. The van der Waals surface area contributed by atoms with Crippen LogP contribution in [0.15, 0.2) is 59.4 Å². The average molecular weight is 252 g/mol. The van der Waals surface area contributed by atoms with E-state index in [9.17, 15) is 4.79 Å². The van der Waals surface area contributed by atoms with E-state index < -0.39 is 0 Å². The zero-order valence-corrected chi connectivity index (χ0v) is 10.4. The van der Waals surface area contributed by atoms with Gasteiger partial charge in [0.05, 0.1) is 24.2 Å². The molecular formula is C15H12N2O2. The number of aromatic nitrogens is 2. The molecule has 0 spiro atoms. The van der Waals surface area contributed by atoms with Crippen LogP contribution in [0.1, 0.15) is 0 Å². The minimum absolute atomic E-state index is 0.272. The molecule has 1 aromatic carbocycles. The van der Waals surface area contributed by atoms with Crippen molar-refractivity contribution in [1.82, 2.24) is 9.55 Å². The van der Waals surface area contributed by atoms with Gasteiger partial charge in [0, 0.05) is 0 Å². The molecule has 3 rings (SSSR count). The lowest BCUT2D eigenvalue weighted by Gasteiger charge is -2.05. The minimum atomic E-state index is -0.272. The summed E-state index contributed by atoms with van der Waals surface area (Å²) >= 11 is 0. The monoisotopic (exact) mass is 252 g/mol. The van der Waals surface area contributed by atoms with Gasteiger partial charge in [-0.15, -0.1) is 0 Å². The lowest BCUT2D eigenvalue weighted by Crippen LogP contribution is -2.14. The number of benzene rings is 1. The summed E-state index contributed by atoms with van der Waals surface area (Å²) in [6, 6.07) is 16.7. The summed E-state index contributed by atoms with van der Waals surface area (Å²) in [6.45, 7) is 0. The van der Waals surface area contributed by atoms with E-state index >= 15 is 0 Å². The third-order valence-corrected chi connectivity index (χ3v) is 2.97. The first-order chi connectivity index (χ1) is 9.29. The lowest BCUT2D eigenvalue weighted by atomic mass is 10.2. The molecule has 19 heavy (non-hydrogen) atoms. The molecule has 1 aliphatic heterocycles. The van der Waals surface area contributed by atoms with Crippen LogP contribution >= 0.6 is 0 Å². The van der Waals surface area contributed by atoms with Crippen molar-refractivity contribution in [2.45, 2.75) is 0 Å². The van der Waals surface area contributed by atoms with Crippen LogP contribution in [0.2, 0.25) is 0 Å². The summed E-state index contributed by atoms with van der Waals surface area (Å²) < 4.78 is 6.71. The Labute approximate surface area is 110 Å². The fourth-order valence-electron chi connectivity index (χ4n) is 2.05. The van der Waals surface area contributed by atoms with Gasteiger partial charge in [-0.05, 0) is 36.4 Å². The standard InChI is InChI=1S/C15H12N2O2/c1-19-12-9-7-11(8-10-12)17-14-6-4-2-3-5-13(14)16-15(17)18/h2-10H,1H3. The van der Waals surface area contributed by atoms with Crippen molar-refractivity contribution >= 4 is 0 Å². The number of ether oxygens (including phenoxy) is 1. The third-order valence-electron chi connectivity index (χ3n) is 2.97.